The van der Waals surface area contributed by atoms with Crippen LogP contribution in [0, 0.1) is 0 Å². The Balaban J connectivity index is 1.70. The second kappa shape index (κ2) is 4.24. The fraction of sp³-hybridized carbons (Fsp3) is 0.133. The normalized spacial score (nSPS) is 17.6. The van der Waals surface area contributed by atoms with Crippen LogP contribution >= 0.6 is 11.3 Å². The zero-order valence-electron chi connectivity index (χ0n) is 10.2. The molecule has 0 amide bonds. The molecule has 1 aromatic heterocycles. The summed E-state index contributed by atoms with van der Waals surface area (Å²) in [5, 5.41) is 4.43. The lowest BCUT2D eigenvalue weighted by Gasteiger charge is -2.25. The highest BCUT2D eigenvalue weighted by molar-refractivity contribution is 7.18. The van der Waals surface area contributed by atoms with Gasteiger partial charge in [-0.2, -0.15) is 0 Å². The summed E-state index contributed by atoms with van der Waals surface area (Å²) in [4.78, 5) is 4.66. The predicted octanol–water partition coefficient (Wildman–Crippen LogP) is 3.84. The third-order valence-corrected chi connectivity index (χ3v) is 4.35. The lowest BCUT2D eigenvalue weighted by atomic mass is 10.2. The summed E-state index contributed by atoms with van der Waals surface area (Å²) in [6, 6.07) is 16.2. The Labute approximate surface area is 114 Å². The number of thiazole rings is 1. The third-order valence-electron chi connectivity index (χ3n) is 3.22. The number of nitrogens with zero attached hydrogens (tertiary/aromatic N) is 1. The number of anilines is 1. The van der Waals surface area contributed by atoms with Gasteiger partial charge in [-0.15, -0.1) is 11.3 Å². The number of nitrogens with one attached hydrogen (secondary N) is 1. The standard InChI is InChI=1S/C15H12N2OS/c1-3-7-12-10(5-1)16-9-13(18-12)15-17-11-6-2-4-8-14(11)19-15/h1-8,13,16H,9H2. The summed E-state index contributed by atoms with van der Waals surface area (Å²) in [5.41, 5.74) is 2.10. The first-order chi connectivity index (χ1) is 9.40. The average Bonchev–Trinajstić information content (AvgIpc) is 2.90. The summed E-state index contributed by atoms with van der Waals surface area (Å²) in [5.74, 6) is 0.901. The Kier molecular flexibility index (Phi) is 2.42. The molecule has 0 spiro atoms. The van der Waals surface area contributed by atoms with Crippen molar-refractivity contribution in [3.63, 3.8) is 0 Å². The zero-order valence-corrected chi connectivity index (χ0v) is 11.0. The predicted molar refractivity (Wildman–Crippen MR) is 77.9 cm³/mol. The van der Waals surface area contributed by atoms with E-state index in [0.717, 1.165) is 28.5 Å². The number of fused-ring (bicyclic) bond motifs is 2. The second-order valence-electron chi connectivity index (χ2n) is 4.50. The highest BCUT2D eigenvalue weighted by Crippen LogP contribution is 2.36. The van der Waals surface area contributed by atoms with Crippen molar-refractivity contribution in [3.05, 3.63) is 53.5 Å². The Bertz CT molecular complexity index is 705. The summed E-state index contributed by atoms with van der Waals surface area (Å²) in [7, 11) is 0. The number of hydrogen-bond acceptors (Lipinski definition) is 4. The molecule has 0 saturated heterocycles. The van der Waals surface area contributed by atoms with Gasteiger partial charge in [-0.3, -0.25) is 0 Å². The van der Waals surface area contributed by atoms with E-state index in [-0.39, 0.29) is 6.10 Å². The number of rotatable bonds is 1. The van der Waals surface area contributed by atoms with Crippen molar-refractivity contribution in [2.75, 3.05) is 11.9 Å². The lowest BCUT2D eigenvalue weighted by molar-refractivity contribution is 0.210. The molecule has 3 nitrogen and oxygen atoms in total. The minimum absolute atomic E-state index is 0.00713. The van der Waals surface area contributed by atoms with Crippen LogP contribution < -0.4 is 10.1 Å². The van der Waals surface area contributed by atoms with Gasteiger partial charge in [0.1, 0.15) is 10.8 Å². The molecule has 1 aliphatic heterocycles. The van der Waals surface area contributed by atoms with Gasteiger partial charge < -0.3 is 10.1 Å². The molecule has 19 heavy (non-hydrogen) atoms. The van der Waals surface area contributed by atoms with Crippen LogP contribution in [0.2, 0.25) is 0 Å². The molecular formula is C15H12N2OS. The molecule has 3 aromatic rings. The molecule has 0 radical (unpaired) electrons. The van der Waals surface area contributed by atoms with E-state index in [1.807, 2.05) is 42.5 Å². The summed E-state index contributed by atoms with van der Waals surface area (Å²) in [6.07, 6.45) is -0.00713. The summed E-state index contributed by atoms with van der Waals surface area (Å²) >= 11 is 1.70. The molecule has 0 aliphatic carbocycles. The Morgan fingerprint density at radius 1 is 1.11 bits per heavy atom. The van der Waals surface area contributed by atoms with Gasteiger partial charge in [0, 0.05) is 0 Å². The van der Waals surface area contributed by atoms with Crippen LogP contribution in [0.3, 0.4) is 0 Å². The molecule has 0 fully saturated rings. The monoisotopic (exact) mass is 268 g/mol. The van der Waals surface area contributed by atoms with E-state index in [4.69, 9.17) is 4.74 Å². The van der Waals surface area contributed by atoms with E-state index in [9.17, 15) is 0 Å². The van der Waals surface area contributed by atoms with E-state index in [1.165, 1.54) is 4.70 Å². The average molecular weight is 268 g/mol. The van der Waals surface area contributed by atoms with Gasteiger partial charge >= 0.3 is 0 Å². The van der Waals surface area contributed by atoms with E-state index >= 15 is 0 Å². The largest absolute Gasteiger partial charge is 0.479 e. The minimum atomic E-state index is -0.00713. The molecule has 1 unspecified atom stereocenters. The van der Waals surface area contributed by atoms with Crippen molar-refractivity contribution in [2.24, 2.45) is 0 Å². The van der Waals surface area contributed by atoms with Gasteiger partial charge in [-0.05, 0) is 24.3 Å². The quantitative estimate of drug-likeness (QED) is 0.728. The first-order valence-corrected chi connectivity index (χ1v) is 7.07. The van der Waals surface area contributed by atoms with Gasteiger partial charge in [-0.1, -0.05) is 24.3 Å². The number of benzene rings is 2. The van der Waals surface area contributed by atoms with Crippen molar-refractivity contribution in [3.8, 4) is 5.75 Å². The Morgan fingerprint density at radius 3 is 2.89 bits per heavy atom. The van der Waals surface area contributed by atoms with E-state index < -0.39 is 0 Å². The summed E-state index contributed by atoms with van der Waals surface area (Å²) in [6.45, 7) is 0.761. The van der Waals surface area contributed by atoms with Crippen LogP contribution in [0.5, 0.6) is 5.75 Å². The second-order valence-corrected chi connectivity index (χ2v) is 5.57. The maximum atomic E-state index is 6.03. The van der Waals surface area contributed by atoms with Gasteiger partial charge in [0.05, 0.1) is 22.4 Å². The van der Waals surface area contributed by atoms with E-state index in [2.05, 4.69) is 16.4 Å². The number of para-hydroxylation sites is 3. The molecule has 2 aromatic carbocycles. The number of hydrogen-bond donors (Lipinski definition) is 1. The van der Waals surface area contributed by atoms with Gasteiger partial charge in [-0.25, -0.2) is 4.98 Å². The zero-order chi connectivity index (χ0) is 12.7. The van der Waals surface area contributed by atoms with Crippen molar-refractivity contribution in [1.82, 2.24) is 4.98 Å². The fourth-order valence-corrected chi connectivity index (χ4v) is 3.28. The molecule has 1 N–H and O–H groups in total. The minimum Gasteiger partial charge on any atom is -0.479 e. The number of ether oxygens (including phenoxy) is 1. The van der Waals surface area contributed by atoms with Crippen LogP contribution in [-0.4, -0.2) is 11.5 Å². The maximum absolute atomic E-state index is 6.03. The molecule has 94 valence electrons. The van der Waals surface area contributed by atoms with Crippen LogP contribution in [0.25, 0.3) is 10.2 Å². The molecule has 4 heteroatoms. The van der Waals surface area contributed by atoms with Gasteiger partial charge in [0.2, 0.25) is 0 Å². The van der Waals surface area contributed by atoms with Crippen molar-refractivity contribution < 1.29 is 4.74 Å². The number of aromatic nitrogens is 1. The van der Waals surface area contributed by atoms with E-state index in [1.54, 1.807) is 11.3 Å². The van der Waals surface area contributed by atoms with Crippen LogP contribution in [0.1, 0.15) is 11.1 Å². The van der Waals surface area contributed by atoms with Crippen LogP contribution in [-0.2, 0) is 0 Å². The maximum Gasteiger partial charge on any atom is 0.167 e. The van der Waals surface area contributed by atoms with Gasteiger partial charge in [0.25, 0.3) is 0 Å². The topological polar surface area (TPSA) is 34.2 Å². The lowest BCUT2D eigenvalue weighted by Crippen LogP contribution is -2.23. The van der Waals surface area contributed by atoms with Crippen LogP contribution in [0.15, 0.2) is 48.5 Å². The first kappa shape index (κ1) is 10.8. The smallest absolute Gasteiger partial charge is 0.167 e. The van der Waals surface area contributed by atoms with Crippen molar-refractivity contribution in [2.45, 2.75) is 6.10 Å². The Hall–Kier alpha value is -2.07. The SMILES string of the molecule is c1ccc2c(c1)NCC(c1nc3ccccc3s1)O2. The fourth-order valence-electron chi connectivity index (χ4n) is 2.28. The van der Waals surface area contributed by atoms with Crippen molar-refractivity contribution in [1.29, 1.82) is 0 Å². The van der Waals surface area contributed by atoms with Crippen molar-refractivity contribution >= 4 is 27.2 Å². The third kappa shape index (κ3) is 1.85. The molecule has 0 saturated carbocycles. The molecule has 1 aliphatic rings. The highest BCUT2D eigenvalue weighted by atomic mass is 32.1. The molecule has 0 bridgehead atoms. The van der Waals surface area contributed by atoms with E-state index in [0.29, 0.717) is 0 Å². The first-order valence-electron chi connectivity index (χ1n) is 6.25. The molecule has 1 atom stereocenters. The van der Waals surface area contributed by atoms with Crippen LogP contribution in [0.4, 0.5) is 5.69 Å². The van der Waals surface area contributed by atoms with Gasteiger partial charge in [0.15, 0.2) is 6.10 Å². The summed E-state index contributed by atoms with van der Waals surface area (Å²) < 4.78 is 7.24. The molecule has 2 heterocycles. The molecule has 4 rings (SSSR count). The Morgan fingerprint density at radius 2 is 1.95 bits per heavy atom. The molecular weight excluding hydrogens is 256 g/mol. The highest BCUT2D eigenvalue weighted by Gasteiger charge is 2.23.